The molecule has 1 aliphatic rings. The lowest BCUT2D eigenvalue weighted by Gasteiger charge is -2.32. The summed E-state index contributed by atoms with van der Waals surface area (Å²) >= 11 is 5.73. The molecule has 2 aromatic heterocycles. The Morgan fingerprint density at radius 2 is 2.04 bits per heavy atom. The van der Waals surface area contributed by atoms with Crippen molar-refractivity contribution in [2.75, 3.05) is 7.05 Å². The topological polar surface area (TPSA) is 114 Å². The second kappa shape index (κ2) is 6.80. The summed E-state index contributed by atoms with van der Waals surface area (Å²) in [6.07, 6.45) is 4.58. The summed E-state index contributed by atoms with van der Waals surface area (Å²) in [5.74, 6) is -0.151. The number of nitrogens with zero attached hydrogens (tertiary/aromatic N) is 5. The molecule has 0 bridgehead atoms. The summed E-state index contributed by atoms with van der Waals surface area (Å²) in [6, 6.07) is 3.48. The minimum atomic E-state index is -0.872. The SMILES string of the molecule is CN1C(=O)CC(C)(c2cc(CC(=O)c3ncc(Cl)cn3)ccn2)N=C1N. The number of aromatic nitrogens is 3. The van der Waals surface area contributed by atoms with E-state index in [-0.39, 0.29) is 36.3 Å². The van der Waals surface area contributed by atoms with Crippen LogP contribution in [0.15, 0.2) is 35.7 Å². The zero-order chi connectivity index (χ0) is 18.9. The van der Waals surface area contributed by atoms with Crippen LogP contribution in [0.2, 0.25) is 5.02 Å². The lowest BCUT2D eigenvalue weighted by molar-refractivity contribution is -0.128. The quantitative estimate of drug-likeness (QED) is 0.810. The average Bonchev–Trinajstić information content (AvgIpc) is 2.60. The lowest BCUT2D eigenvalue weighted by atomic mass is 9.90. The molecule has 134 valence electrons. The fourth-order valence-electron chi connectivity index (χ4n) is 2.66. The van der Waals surface area contributed by atoms with E-state index in [2.05, 4.69) is 19.9 Å². The van der Waals surface area contributed by atoms with Gasteiger partial charge in [0.2, 0.25) is 11.7 Å². The van der Waals surface area contributed by atoms with Crippen LogP contribution in [0.3, 0.4) is 0 Å². The van der Waals surface area contributed by atoms with Crippen LogP contribution in [0.4, 0.5) is 0 Å². The largest absolute Gasteiger partial charge is 0.369 e. The van der Waals surface area contributed by atoms with E-state index >= 15 is 0 Å². The Hall–Kier alpha value is -2.87. The van der Waals surface area contributed by atoms with Gasteiger partial charge in [0, 0.05) is 32.1 Å². The molecule has 0 aliphatic carbocycles. The third-order valence-electron chi connectivity index (χ3n) is 4.19. The fourth-order valence-corrected chi connectivity index (χ4v) is 2.75. The fraction of sp³-hybridized carbons (Fsp3) is 0.294. The number of hydrogen-bond acceptors (Lipinski definition) is 7. The Bertz CT molecular complexity index is 898. The van der Waals surface area contributed by atoms with Gasteiger partial charge >= 0.3 is 0 Å². The van der Waals surface area contributed by atoms with Crippen molar-refractivity contribution in [3.8, 4) is 0 Å². The van der Waals surface area contributed by atoms with E-state index in [4.69, 9.17) is 17.3 Å². The van der Waals surface area contributed by atoms with Gasteiger partial charge in [-0.3, -0.25) is 19.5 Å². The van der Waals surface area contributed by atoms with Crippen molar-refractivity contribution in [1.29, 1.82) is 0 Å². The molecule has 1 aliphatic heterocycles. The molecule has 1 amide bonds. The molecule has 3 heterocycles. The van der Waals surface area contributed by atoms with E-state index < -0.39 is 5.54 Å². The van der Waals surface area contributed by atoms with Gasteiger partial charge in [-0.15, -0.1) is 0 Å². The van der Waals surface area contributed by atoms with Crippen LogP contribution in [0.1, 0.15) is 35.2 Å². The zero-order valence-corrected chi connectivity index (χ0v) is 15.1. The minimum Gasteiger partial charge on any atom is -0.369 e. The number of guanidine groups is 1. The number of amides is 1. The summed E-state index contributed by atoms with van der Waals surface area (Å²) in [7, 11) is 1.58. The van der Waals surface area contributed by atoms with E-state index in [9.17, 15) is 9.59 Å². The highest BCUT2D eigenvalue weighted by Crippen LogP contribution is 2.31. The molecule has 0 fully saturated rings. The zero-order valence-electron chi connectivity index (χ0n) is 14.3. The normalized spacial score (nSPS) is 20.0. The Morgan fingerprint density at radius 3 is 2.69 bits per heavy atom. The van der Waals surface area contributed by atoms with Crippen molar-refractivity contribution in [3.63, 3.8) is 0 Å². The molecule has 26 heavy (non-hydrogen) atoms. The molecule has 0 saturated heterocycles. The van der Waals surface area contributed by atoms with Gasteiger partial charge in [-0.2, -0.15) is 0 Å². The van der Waals surface area contributed by atoms with Crippen molar-refractivity contribution < 1.29 is 9.59 Å². The highest BCUT2D eigenvalue weighted by atomic mass is 35.5. The first kappa shape index (κ1) is 17.9. The number of nitrogens with two attached hydrogens (primary N) is 1. The molecule has 0 saturated carbocycles. The molecule has 1 unspecified atom stereocenters. The van der Waals surface area contributed by atoms with Crippen molar-refractivity contribution in [1.82, 2.24) is 19.9 Å². The molecule has 1 atom stereocenters. The summed E-state index contributed by atoms with van der Waals surface area (Å²) in [4.78, 5) is 42.4. The van der Waals surface area contributed by atoms with E-state index in [1.54, 1.807) is 32.3 Å². The smallest absolute Gasteiger partial charge is 0.231 e. The summed E-state index contributed by atoms with van der Waals surface area (Å²) in [6.45, 7) is 1.79. The number of Topliss-reactive ketones (excluding diaryl/α,β-unsaturated/α-hetero) is 1. The maximum atomic E-state index is 12.3. The van der Waals surface area contributed by atoms with Gasteiger partial charge in [0.25, 0.3) is 0 Å². The Morgan fingerprint density at radius 1 is 1.35 bits per heavy atom. The first-order chi connectivity index (χ1) is 12.3. The maximum absolute atomic E-state index is 12.3. The van der Waals surface area contributed by atoms with Crippen LogP contribution < -0.4 is 5.73 Å². The minimum absolute atomic E-state index is 0.0932. The van der Waals surface area contributed by atoms with Crippen LogP contribution in [-0.4, -0.2) is 44.5 Å². The van der Waals surface area contributed by atoms with Gasteiger partial charge in [0.05, 0.1) is 17.1 Å². The van der Waals surface area contributed by atoms with E-state index in [0.717, 1.165) is 5.56 Å². The molecule has 2 N–H and O–H groups in total. The van der Waals surface area contributed by atoms with Crippen molar-refractivity contribution in [3.05, 3.63) is 52.8 Å². The predicted octanol–water partition coefficient (Wildman–Crippen LogP) is 1.34. The molecule has 2 aromatic rings. The van der Waals surface area contributed by atoms with Gasteiger partial charge in [0.1, 0.15) is 5.54 Å². The second-order valence-corrected chi connectivity index (χ2v) is 6.68. The number of rotatable bonds is 4. The Kier molecular flexibility index (Phi) is 4.69. The van der Waals surface area contributed by atoms with Gasteiger partial charge in [-0.1, -0.05) is 11.6 Å². The molecule has 8 nitrogen and oxygen atoms in total. The van der Waals surface area contributed by atoms with E-state index in [0.29, 0.717) is 10.7 Å². The van der Waals surface area contributed by atoms with Gasteiger partial charge in [-0.05, 0) is 24.6 Å². The van der Waals surface area contributed by atoms with Gasteiger partial charge in [-0.25, -0.2) is 15.0 Å². The number of carbonyl (C=O) groups excluding carboxylic acids is 2. The maximum Gasteiger partial charge on any atom is 0.231 e. The molecule has 9 heteroatoms. The molecule has 0 aromatic carbocycles. The number of carbonyl (C=O) groups is 2. The van der Waals surface area contributed by atoms with E-state index in [1.807, 2.05) is 0 Å². The third kappa shape index (κ3) is 3.55. The highest BCUT2D eigenvalue weighted by molar-refractivity contribution is 6.30. The van der Waals surface area contributed by atoms with Crippen molar-refractivity contribution >= 4 is 29.3 Å². The van der Waals surface area contributed by atoms with Crippen LogP contribution in [0.25, 0.3) is 0 Å². The summed E-state index contributed by atoms with van der Waals surface area (Å²) in [5, 5.41) is 0.364. The molecule has 0 spiro atoms. The van der Waals surface area contributed by atoms with Gasteiger partial charge < -0.3 is 5.73 Å². The Labute approximate surface area is 155 Å². The number of halogens is 1. The monoisotopic (exact) mass is 372 g/mol. The van der Waals surface area contributed by atoms with Crippen LogP contribution in [0, 0.1) is 0 Å². The van der Waals surface area contributed by atoms with Crippen LogP contribution in [0.5, 0.6) is 0 Å². The number of hydrogen-bond donors (Lipinski definition) is 1. The number of pyridine rings is 1. The molecule has 0 radical (unpaired) electrons. The van der Waals surface area contributed by atoms with E-state index in [1.165, 1.54) is 17.3 Å². The second-order valence-electron chi connectivity index (χ2n) is 6.25. The van der Waals surface area contributed by atoms with Crippen molar-refractivity contribution in [2.24, 2.45) is 10.7 Å². The predicted molar refractivity (Wildman–Crippen MR) is 95.7 cm³/mol. The van der Waals surface area contributed by atoms with Crippen molar-refractivity contribution in [2.45, 2.75) is 25.3 Å². The molecule has 3 rings (SSSR count). The number of ketones is 1. The summed E-state index contributed by atoms with van der Waals surface area (Å²) in [5.41, 5.74) is 6.26. The third-order valence-corrected chi connectivity index (χ3v) is 4.38. The standard InChI is InChI=1S/C17H17ClN6O2/c1-17(7-14(26)24(2)16(19)23-17)13-6-10(3-4-20-13)5-12(25)15-21-8-11(18)9-22-15/h3-4,6,8-9H,5,7H2,1-2H3,(H2,19,23). The summed E-state index contributed by atoms with van der Waals surface area (Å²) < 4.78 is 0. The number of aliphatic imine (C=N–C) groups is 1. The van der Waals surface area contributed by atoms with Crippen LogP contribution in [-0.2, 0) is 16.8 Å². The first-order valence-electron chi connectivity index (χ1n) is 7.86. The first-order valence-corrected chi connectivity index (χ1v) is 8.24. The van der Waals surface area contributed by atoms with Gasteiger partial charge in [0.15, 0.2) is 11.8 Å². The van der Waals surface area contributed by atoms with Crippen LogP contribution >= 0.6 is 11.6 Å². The Balaban J connectivity index is 1.85. The molecular weight excluding hydrogens is 356 g/mol. The lowest BCUT2D eigenvalue weighted by Crippen LogP contribution is -2.47. The highest BCUT2D eigenvalue weighted by Gasteiger charge is 2.37. The average molecular weight is 373 g/mol. The molecular formula is C17H17ClN6O2.